The fraction of sp³-hybridized carbons (Fsp3) is 0.778. The first-order chi connectivity index (χ1) is 7.60. The minimum absolute atomic E-state index is 0.0707. The van der Waals surface area contributed by atoms with Crippen LogP contribution in [-0.2, 0) is 9.53 Å². The number of nitrogens with two attached hydrogens (primary N) is 2. The molecular formula is C9H20N4O3. The third-order valence-corrected chi connectivity index (χ3v) is 2.00. The molecule has 0 fully saturated rings. The smallest absolute Gasteiger partial charge is 0.243 e. The second-order valence-corrected chi connectivity index (χ2v) is 3.37. The zero-order valence-electron chi connectivity index (χ0n) is 9.48. The van der Waals surface area contributed by atoms with E-state index in [-0.39, 0.29) is 18.5 Å². The first kappa shape index (κ1) is 14.7. The molecular weight excluding hydrogens is 212 g/mol. The molecule has 0 aliphatic carbocycles. The van der Waals surface area contributed by atoms with Gasteiger partial charge in [-0.05, 0) is 6.42 Å². The summed E-state index contributed by atoms with van der Waals surface area (Å²) in [7, 11) is 0. The molecule has 16 heavy (non-hydrogen) atoms. The van der Waals surface area contributed by atoms with E-state index in [2.05, 4.69) is 10.5 Å². The Labute approximate surface area is 94.8 Å². The van der Waals surface area contributed by atoms with Gasteiger partial charge in [-0.1, -0.05) is 12.1 Å². The lowest BCUT2D eigenvalue weighted by Crippen LogP contribution is -2.35. The van der Waals surface area contributed by atoms with Crippen LogP contribution in [0.1, 0.15) is 19.8 Å². The molecule has 0 spiro atoms. The molecule has 0 aromatic carbocycles. The highest BCUT2D eigenvalue weighted by Crippen LogP contribution is 1.96. The van der Waals surface area contributed by atoms with E-state index in [0.717, 1.165) is 6.42 Å². The van der Waals surface area contributed by atoms with Gasteiger partial charge >= 0.3 is 0 Å². The number of oxime groups is 1. The van der Waals surface area contributed by atoms with E-state index in [1.54, 1.807) is 0 Å². The zero-order valence-corrected chi connectivity index (χ0v) is 9.48. The van der Waals surface area contributed by atoms with Crippen LogP contribution in [0.15, 0.2) is 5.16 Å². The fourth-order valence-electron chi connectivity index (χ4n) is 1.16. The lowest BCUT2D eigenvalue weighted by Gasteiger charge is -2.15. The molecule has 6 N–H and O–H groups in total. The number of primary amides is 1. The first-order valence-electron chi connectivity index (χ1n) is 5.16. The van der Waals surface area contributed by atoms with Crippen molar-refractivity contribution in [2.24, 2.45) is 16.6 Å². The molecule has 1 atom stereocenters. The van der Waals surface area contributed by atoms with Crippen molar-refractivity contribution in [2.75, 3.05) is 19.8 Å². The van der Waals surface area contributed by atoms with Gasteiger partial charge in [0.25, 0.3) is 0 Å². The average Bonchev–Trinajstić information content (AvgIpc) is 2.26. The van der Waals surface area contributed by atoms with Crippen molar-refractivity contribution in [1.29, 1.82) is 0 Å². The summed E-state index contributed by atoms with van der Waals surface area (Å²) in [4.78, 5) is 10.4. The Kier molecular flexibility index (Phi) is 8.18. The molecule has 0 aliphatic rings. The molecule has 1 amide bonds. The standard InChI is InChI=1S/C9H20N4O3/c1-2-7(5-8(10)13-15)12-3-4-16-6-9(11)14/h7,12,15H,2-6H2,1H3,(H2,10,13)(H2,11,14). The first-order valence-corrected chi connectivity index (χ1v) is 5.16. The van der Waals surface area contributed by atoms with Gasteiger partial charge in [0.1, 0.15) is 12.4 Å². The van der Waals surface area contributed by atoms with Crippen molar-refractivity contribution < 1.29 is 14.7 Å². The van der Waals surface area contributed by atoms with Crippen LogP contribution < -0.4 is 16.8 Å². The number of ether oxygens (including phenoxy) is 1. The highest BCUT2D eigenvalue weighted by Gasteiger charge is 2.07. The number of amidine groups is 1. The predicted molar refractivity (Wildman–Crippen MR) is 60.1 cm³/mol. The van der Waals surface area contributed by atoms with Crippen molar-refractivity contribution in [3.8, 4) is 0 Å². The number of rotatable bonds is 9. The number of hydrogen-bond donors (Lipinski definition) is 4. The predicted octanol–water partition coefficient (Wildman–Crippen LogP) is -1.01. The molecule has 1 unspecified atom stereocenters. The maximum absolute atomic E-state index is 10.4. The summed E-state index contributed by atoms with van der Waals surface area (Å²) in [6, 6.07) is 0.132. The Morgan fingerprint density at radius 2 is 2.25 bits per heavy atom. The van der Waals surface area contributed by atoms with E-state index in [9.17, 15) is 4.79 Å². The minimum Gasteiger partial charge on any atom is -0.409 e. The molecule has 0 aromatic rings. The zero-order chi connectivity index (χ0) is 12.4. The molecule has 0 bridgehead atoms. The second kappa shape index (κ2) is 8.93. The van der Waals surface area contributed by atoms with E-state index in [1.807, 2.05) is 6.92 Å². The number of carbonyl (C=O) groups excluding carboxylic acids is 1. The van der Waals surface area contributed by atoms with E-state index < -0.39 is 5.91 Å². The molecule has 0 heterocycles. The van der Waals surface area contributed by atoms with Gasteiger partial charge in [-0.25, -0.2) is 0 Å². The Balaban J connectivity index is 3.59. The van der Waals surface area contributed by atoms with Gasteiger partial charge in [-0.15, -0.1) is 0 Å². The summed E-state index contributed by atoms with van der Waals surface area (Å²) in [5, 5.41) is 14.5. The molecule has 7 heteroatoms. The monoisotopic (exact) mass is 232 g/mol. The van der Waals surface area contributed by atoms with E-state index >= 15 is 0 Å². The van der Waals surface area contributed by atoms with Crippen LogP contribution in [0.3, 0.4) is 0 Å². The topological polar surface area (TPSA) is 123 Å². The molecule has 0 saturated carbocycles. The van der Waals surface area contributed by atoms with E-state index in [1.165, 1.54) is 0 Å². The summed E-state index contributed by atoms with van der Waals surface area (Å²) in [6.07, 6.45) is 1.33. The lowest BCUT2D eigenvalue weighted by molar-refractivity contribution is -0.122. The maximum atomic E-state index is 10.4. The van der Waals surface area contributed by atoms with Crippen molar-refractivity contribution in [2.45, 2.75) is 25.8 Å². The van der Waals surface area contributed by atoms with Crippen LogP contribution >= 0.6 is 0 Å². The molecule has 0 rings (SSSR count). The number of nitrogens with one attached hydrogen (secondary N) is 1. The molecule has 7 nitrogen and oxygen atoms in total. The van der Waals surface area contributed by atoms with Gasteiger partial charge in [0.05, 0.1) is 6.61 Å². The fourth-order valence-corrected chi connectivity index (χ4v) is 1.16. The summed E-state index contributed by atoms with van der Waals surface area (Å²) in [5.74, 6) is -0.291. The van der Waals surface area contributed by atoms with Crippen molar-refractivity contribution in [3.63, 3.8) is 0 Å². The SMILES string of the molecule is CCC(CC(N)=NO)NCCOCC(N)=O. The third kappa shape index (κ3) is 8.01. The summed E-state index contributed by atoms with van der Waals surface area (Å²) in [6.45, 7) is 2.91. The molecule has 0 aromatic heterocycles. The molecule has 0 radical (unpaired) electrons. The minimum atomic E-state index is -0.483. The maximum Gasteiger partial charge on any atom is 0.243 e. The van der Waals surface area contributed by atoms with Crippen LogP contribution in [-0.4, -0.2) is 42.8 Å². The summed E-state index contributed by atoms with van der Waals surface area (Å²) >= 11 is 0. The van der Waals surface area contributed by atoms with Crippen molar-refractivity contribution in [1.82, 2.24) is 5.32 Å². The van der Waals surface area contributed by atoms with E-state index in [0.29, 0.717) is 19.6 Å². The average molecular weight is 232 g/mol. The Morgan fingerprint density at radius 1 is 1.56 bits per heavy atom. The molecule has 0 aliphatic heterocycles. The van der Waals surface area contributed by atoms with Gasteiger partial charge in [0.2, 0.25) is 5.91 Å². The van der Waals surface area contributed by atoms with Gasteiger partial charge in [0, 0.05) is 19.0 Å². The van der Waals surface area contributed by atoms with Crippen LogP contribution in [0.5, 0.6) is 0 Å². The van der Waals surface area contributed by atoms with Gasteiger partial charge < -0.3 is 26.7 Å². The second-order valence-electron chi connectivity index (χ2n) is 3.37. The van der Waals surface area contributed by atoms with Gasteiger partial charge in [0.15, 0.2) is 0 Å². The quantitative estimate of drug-likeness (QED) is 0.133. The van der Waals surface area contributed by atoms with Gasteiger partial charge in [-0.3, -0.25) is 4.79 Å². The highest BCUT2D eigenvalue weighted by atomic mass is 16.5. The normalized spacial score (nSPS) is 13.7. The van der Waals surface area contributed by atoms with Crippen molar-refractivity contribution in [3.05, 3.63) is 0 Å². The molecule has 0 saturated heterocycles. The number of carbonyl (C=O) groups is 1. The highest BCUT2D eigenvalue weighted by molar-refractivity contribution is 5.80. The summed E-state index contributed by atoms with van der Waals surface area (Å²) in [5.41, 5.74) is 10.3. The Bertz CT molecular complexity index is 233. The van der Waals surface area contributed by atoms with Crippen molar-refractivity contribution >= 4 is 11.7 Å². The van der Waals surface area contributed by atoms with E-state index in [4.69, 9.17) is 21.4 Å². The molecule has 94 valence electrons. The number of nitrogens with zero attached hydrogens (tertiary/aromatic N) is 1. The number of hydrogen-bond acceptors (Lipinski definition) is 5. The largest absolute Gasteiger partial charge is 0.409 e. The van der Waals surface area contributed by atoms with Crippen LogP contribution in [0.4, 0.5) is 0 Å². The summed E-state index contributed by atoms with van der Waals surface area (Å²) < 4.78 is 4.97. The lowest BCUT2D eigenvalue weighted by atomic mass is 10.1. The van der Waals surface area contributed by atoms with Crippen LogP contribution in [0, 0.1) is 0 Å². The Morgan fingerprint density at radius 3 is 2.75 bits per heavy atom. The van der Waals surface area contributed by atoms with Crippen LogP contribution in [0.2, 0.25) is 0 Å². The Hall–Kier alpha value is -1.34. The van der Waals surface area contributed by atoms with Gasteiger partial charge in [-0.2, -0.15) is 0 Å². The third-order valence-electron chi connectivity index (χ3n) is 2.00. The number of amides is 1. The van der Waals surface area contributed by atoms with Crippen LogP contribution in [0.25, 0.3) is 0 Å².